The van der Waals surface area contributed by atoms with Crippen LogP contribution in [-0.2, 0) is 9.47 Å². The smallest absolute Gasteiger partial charge is 0.450 e. The van der Waals surface area contributed by atoms with Crippen molar-refractivity contribution in [3.05, 3.63) is 0 Å². The van der Waals surface area contributed by atoms with Crippen LogP contribution in [-0.4, -0.2) is 51.2 Å². The second kappa shape index (κ2) is 8.91. The third-order valence-corrected chi connectivity index (χ3v) is 10.4. The third kappa shape index (κ3) is 4.33. The molecule has 10 atom stereocenters. The fourth-order valence-electron chi connectivity index (χ4n) is 8.99. The van der Waals surface area contributed by atoms with Gasteiger partial charge in [-0.2, -0.15) is 0 Å². The van der Waals surface area contributed by atoms with Crippen molar-refractivity contribution in [2.24, 2.45) is 46.3 Å². The Bertz CT molecular complexity index is 741. The van der Waals surface area contributed by atoms with Gasteiger partial charge in [0, 0.05) is 6.42 Å². The summed E-state index contributed by atoms with van der Waals surface area (Å²) in [4.78, 5) is 22.0. The molecule has 1 unspecified atom stereocenters. The minimum atomic E-state index is -1.55. The van der Waals surface area contributed by atoms with E-state index in [1.54, 1.807) is 0 Å². The van der Waals surface area contributed by atoms with Crippen LogP contribution in [0.4, 0.5) is 9.59 Å². The maximum absolute atomic E-state index is 11.3. The summed E-state index contributed by atoms with van der Waals surface area (Å²) in [5.41, 5.74) is 0.180. The standard InChI is InChI=1S/C25H40O8/c1-13(10-20(32-22(28)29)33-23(30)31)16-4-5-17-21-18(7-9-25(16,17)3)24(2)8-6-15(26)11-14(24)12-19(21)27/h13-21,26-27H,4-12H2,1-3H3,(H,28,29)(H,30,31)/t13-,14?,15-,16-,17+,18+,19-,21+,24+,25-/m1/s1. The highest BCUT2D eigenvalue weighted by Crippen LogP contribution is 2.68. The van der Waals surface area contributed by atoms with Gasteiger partial charge in [-0.05, 0) is 97.7 Å². The number of rotatable bonds is 5. The van der Waals surface area contributed by atoms with Crippen molar-refractivity contribution in [2.45, 2.75) is 97.1 Å². The molecule has 33 heavy (non-hydrogen) atoms. The lowest BCUT2D eigenvalue weighted by Crippen LogP contribution is -2.58. The number of ether oxygens (including phenoxy) is 2. The van der Waals surface area contributed by atoms with Crippen LogP contribution in [0.2, 0.25) is 0 Å². The summed E-state index contributed by atoms with van der Waals surface area (Å²) in [6.07, 6.45) is 2.72. The Morgan fingerprint density at radius 1 is 0.909 bits per heavy atom. The van der Waals surface area contributed by atoms with Crippen LogP contribution in [0.15, 0.2) is 0 Å². The van der Waals surface area contributed by atoms with E-state index in [9.17, 15) is 19.8 Å². The molecule has 8 heteroatoms. The van der Waals surface area contributed by atoms with Gasteiger partial charge in [0.05, 0.1) is 12.2 Å². The molecule has 0 radical (unpaired) electrons. The van der Waals surface area contributed by atoms with Gasteiger partial charge < -0.3 is 29.9 Å². The zero-order valence-electron chi connectivity index (χ0n) is 20.0. The minimum absolute atomic E-state index is 0.00986. The number of fused-ring (bicyclic) bond motifs is 5. The van der Waals surface area contributed by atoms with Gasteiger partial charge in [0.25, 0.3) is 6.29 Å². The first-order valence-corrected chi connectivity index (χ1v) is 12.6. The Morgan fingerprint density at radius 3 is 2.15 bits per heavy atom. The van der Waals surface area contributed by atoms with E-state index < -0.39 is 18.6 Å². The molecule has 4 saturated carbocycles. The quantitative estimate of drug-likeness (QED) is 0.336. The molecule has 4 aliphatic rings. The van der Waals surface area contributed by atoms with Crippen LogP contribution < -0.4 is 0 Å². The molecular formula is C25H40O8. The molecule has 4 N–H and O–H groups in total. The van der Waals surface area contributed by atoms with Crippen molar-refractivity contribution >= 4 is 12.3 Å². The van der Waals surface area contributed by atoms with Gasteiger partial charge in [-0.25, -0.2) is 9.59 Å². The number of hydrogen-bond donors (Lipinski definition) is 4. The van der Waals surface area contributed by atoms with Crippen LogP contribution in [0.25, 0.3) is 0 Å². The number of aliphatic hydroxyl groups excluding tert-OH is 2. The van der Waals surface area contributed by atoms with E-state index >= 15 is 0 Å². The maximum Gasteiger partial charge on any atom is 0.508 e. The van der Waals surface area contributed by atoms with E-state index in [0.29, 0.717) is 17.8 Å². The van der Waals surface area contributed by atoms with E-state index in [1.807, 2.05) is 6.92 Å². The average Bonchev–Trinajstić information content (AvgIpc) is 3.05. The fourth-order valence-corrected chi connectivity index (χ4v) is 8.99. The Morgan fingerprint density at radius 2 is 1.52 bits per heavy atom. The van der Waals surface area contributed by atoms with Gasteiger partial charge in [0.2, 0.25) is 0 Å². The van der Waals surface area contributed by atoms with Gasteiger partial charge >= 0.3 is 12.3 Å². The summed E-state index contributed by atoms with van der Waals surface area (Å²) in [7, 11) is 0. The van der Waals surface area contributed by atoms with Crippen molar-refractivity contribution in [3.63, 3.8) is 0 Å². The fraction of sp³-hybridized carbons (Fsp3) is 0.920. The van der Waals surface area contributed by atoms with Gasteiger partial charge in [-0.15, -0.1) is 0 Å². The SMILES string of the molecule is C[C@H](CC(OC(=O)O)OC(=O)O)[C@H]1CC[C@H]2[C@@H]3[C@H](O)CC4C[C@H](O)CC[C@]4(C)[C@H]3CC[C@]12C. The number of hydrogen-bond acceptors (Lipinski definition) is 6. The van der Waals surface area contributed by atoms with Crippen molar-refractivity contribution in [1.82, 2.24) is 0 Å². The second-order valence-electron chi connectivity index (χ2n) is 11.9. The molecule has 0 heterocycles. The van der Waals surface area contributed by atoms with Crippen LogP contribution >= 0.6 is 0 Å². The Balaban J connectivity index is 1.51. The zero-order valence-corrected chi connectivity index (χ0v) is 20.0. The van der Waals surface area contributed by atoms with Crippen molar-refractivity contribution in [1.29, 1.82) is 0 Å². The summed E-state index contributed by atoms with van der Waals surface area (Å²) in [6, 6.07) is 0. The molecule has 4 fully saturated rings. The highest BCUT2D eigenvalue weighted by atomic mass is 16.8. The molecular weight excluding hydrogens is 428 g/mol. The average molecular weight is 469 g/mol. The Labute approximate surface area is 195 Å². The predicted molar refractivity (Wildman–Crippen MR) is 118 cm³/mol. The molecule has 0 aromatic carbocycles. The molecule has 0 spiro atoms. The lowest BCUT2D eigenvalue weighted by Gasteiger charge is -2.62. The summed E-state index contributed by atoms with van der Waals surface area (Å²) in [5, 5.41) is 39.5. The summed E-state index contributed by atoms with van der Waals surface area (Å²) in [5.74, 6) is 1.78. The summed E-state index contributed by atoms with van der Waals surface area (Å²) in [6.45, 7) is 6.74. The highest BCUT2D eigenvalue weighted by molar-refractivity contribution is 5.59. The first kappa shape index (κ1) is 24.6. The Kier molecular flexibility index (Phi) is 6.64. The topological polar surface area (TPSA) is 134 Å². The van der Waals surface area contributed by atoms with Crippen LogP contribution in [0.5, 0.6) is 0 Å². The first-order chi connectivity index (χ1) is 15.5. The Hall–Kier alpha value is -1.54. The van der Waals surface area contributed by atoms with E-state index in [1.165, 1.54) is 0 Å². The zero-order chi connectivity index (χ0) is 24.1. The molecule has 0 saturated heterocycles. The normalized spacial score (nSPS) is 45.5. The van der Waals surface area contributed by atoms with Gasteiger partial charge in [-0.1, -0.05) is 20.8 Å². The summed E-state index contributed by atoms with van der Waals surface area (Å²) < 4.78 is 9.40. The summed E-state index contributed by atoms with van der Waals surface area (Å²) >= 11 is 0. The van der Waals surface area contributed by atoms with Gasteiger partial charge in [0.1, 0.15) is 0 Å². The molecule has 0 amide bonds. The lowest BCUT2D eigenvalue weighted by atomic mass is 9.43. The largest absolute Gasteiger partial charge is 0.508 e. The lowest BCUT2D eigenvalue weighted by molar-refractivity contribution is -0.175. The first-order valence-electron chi connectivity index (χ1n) is 12.6. The van der Waals surface area contributed by atoms with Crippen LogP contribution in [0.3, 0.4) is 0 Å². The van der Waals surface area contributed by atoms with E-state index in [2.05, 4.69) is 13.8 Å². The van der Waals surface area contributed by atoms with Crippen molar-refractivity contribution < 1.29 is 39.5 Å². The predicted octanol–water partition coefficient (Wildman–Crippen LogP) is 4.72. The third-order valence-electron chi connectivity index (χ3n) is 10.4. The monoisotopic (exact) mass is 468 g/mol. The highest BCUT2D eigenvalue weighted by Gasteiger charge is 2.63. The number of aliphatic hydroxyl groups is 2. The van der Waals surface area contributed by atoms with Crippen LogP contribution in [0, 0.1) is 46.3 Å². The van der Waals surface area contributed by atoms with Gasteiger partial charge in [-0.3, -0.25) is 0 Å². The molecule has 4 rings (SSSR count). The second-order valence-corrected chi connectivity index (χ2v) is 11.9. The molecule has 0 aromatic heterocycles. The van der Waals surface area contributed by atoms with Crippen molar-refractivity contribution in [2.75, 3.05) is 0 Å². The van der Waals surface area contributed by atoms with Crippen molar-refractivity contribution in [3.8, 4) is 0 Å². The van der Waals surface area contributed by atoms with E-state index in [-0.39, 0.29) is 47.2 Å². The van der Waals surface area contributed by atoms with Crippen LogP contribution in [0.1, 0.15) is 78.6 Å². The molecule has 0 bridgehead atoms. The maximum atomic E-state index is 11.3. The number of carbonyl (C=O) groups is 2. The number of carboxylic acid groups (broad SMARTS) is 2. The molecule has 8 nitrogen and oxygen atoms in total. The minimum Gasteiger partial charge on any atom is -0.450 e. The molecule has 0 aliphatic heterocycles. The molecule has 188 valence electrons. The van der Waals surface area contributed by atoms with E-state index in [4.69, 9.17) is 19.7 Å². The molecule has 4 aliphatic carbocycles. The molecule has 0 aromatic rings. The van der Waals surface area contributed by atoms with Gasteiger partial charge in [0.15, 0.2) is 0 Å². The van der Waals surface area contributed by atoms with E-state index in [0.717, 1.165) is 51.4 Å².